The van der Waals surface area contributed by atoms with Crippen molar-refractivity contribution in [3.05, 3.63) is 228 Å². The summed E-state index contributed by atoms with van der Waals surface area (Å²) in [7, 11) is 0. The molecule has 3 heteroatoms. The van der Waals surface area contributed by atoms with Gasteiger partial charge in [0, 0.05) is 34.7 Å². The van der Waals surface area contributed by atoms with Gasteiger partial charge in [0.1, 0.15) is 0 Å². The first-order chi connectivity index (χ1) is 31.4. The number of para-hydroxylation sites is 6. The van der Waals surface area contributed by atoms with Gasteiger partial charge in [-0.2, -0.15) is 0 Å². The van der Waals surface area contributed by atoms with E-state index < -0.39 is 0 Å². The van der Waals surface area contributed by atoms with Gasteiger partial charge in [0.15, 0.2) is 0 Å². The van der Waals surface area contributed by atoms with E-state index in [2.05, 4.69) is 230 Å². The predicted octanol–water partition coefficient (Wildman–Crippen LogP) is 16.5. The first kappa shape index (κ1) is 38.1. The number of hydrogen-bond donors (Lipinski definition) is 0. The summed E-state index contributed by atoms with van der Waals surface area (Å²) in [5.74, 6) is 0. The van der Waals surface area contributed by atoms with Crippen molar-refractivity contribution < 1.29 is 0 Å². The number of anilines is 7. The summed E-state index contributed by atoms with van der Waals surface area (Å²) in [6.45, 7) is 12.3. The lowest BCUT2D eigenvalue weighted by molar-refractivity contribution is 0.651. The number of allylic oxidation sites excluding steroid dienone is 4. The molecule has 0 spiro atoms. The molecule has 3 nitrogen and oxygen atoms in total. The molecule has 0 amide bonds. The molecule has 0 N–H and O–H groups in total. The molecule has 4 aliphatic rings. The highest BCUT2D eigenvalue weighted by Gasteiger charge is 2.36. The SMILES string of the molecule is C=CC(=CC1=C(C)c2ccc(C=Cc3ccc4c5c(cccc35)-c3cc(N5c6ccccc6N(c6ccccc6)c6ccccc65)ccc3-4)cc2C1(C)C)N1CCCc2ccccc21. The van der Waals surface area contributed by atoms with Crippen LogP contribution in [0.15, 0.2) is 200 Å². The van der Waals surface area contributed by atoms with Gasteiger partial charge in [-0.3, -0.25) is 0 Å². The molecule has 12 rings (SSSR count). The lowest BCUT2D eigenvalue weighted by Crippen LogP contribution is -2.28. The number of hydrogen-bond acceptors (Lipinski definition) is 3. The van der Waals surface area contributed by atoms with E-state index in [1.165, 1.54) is 83.4 Å². The van der Waals surface area contributed by atoms with Crippen LogP contribution >= 0.6 is 0 Å². The first-order valence-electron chi connectivity index (χ1n) is 22.7. The van der Waals surface area contributed by atoms with Crippen molar-refractivity contribution in [1.82, 2.24) is 0 Å². The van der Waals surface area contributed by atoms with Gasteiger partial charge in [-0.05, 0) is 159 Å². The zero-order valence-electron chi connectivity index (χ0n) is 36.6. The third-order valence-electron chi connectivity index (χ3n) is 14.2. The molecule has 0 bridgehead atoms. The molecule has 2 aliphatic carbocycles. The highest BCUT2D eigenvalue weighted by Crippen LogP contribution is 2.56. The molecule has 0 unspecified atom stereocenters. The van der Waals surface area contributed by atoms with E-state index in [0.717, 1.165) is 53.5 Å². The zero-order chi connectivity index (χ0) is 43.1. The smallest absolute Gasteiger partial charge is 0.0703 e. The van der Waals surface area contributed by atoms with Crippen LogP contribution in [0.2, 0.25) is 0 Å². The van der Waals surface area contributed by atoms with Gasteiger partial charge in [-0.15, -0.1) is 0 Å². The van der Waals surface area contributed by atoms with Gasteiger partial charge in [0.2, 0.25) is 0 Å². The van der Waals surface area contributed by atoms with Crippen molar-refractivity contribution in [2.45, 2.75) is 39.0 Å². The zero-order valence-corrected chi connectivity index (χ0v) is 36.6. The Kier molecular flexibility index (Phi) is 8.78. The average molecular weight is 824 g/mol. The van der Waals surface area contributed by atoms with Gasteiger partial charge in [-0.25, -0.2) is 0 Å². The van der Waals surface area contributed by atoms with E-state index in [1.807, 2.05) is 6.08 Å². The summed E-state index contributed by atoms with van der Waals surface area (Å²) in [6.07, 6.45) is 11.3. The van der Waals surface area contributed by atoms with Gasteiger partial charge in [-0.1, -0.05) is 148 Å². The van der Waals surface area contributed by atoms with Crippen LogP contribution < -0.4 is 14.7 Å². The summed E-state index contributed by atoms with van der Waals surface area (Å²) in [6, 6.07) is 62.5. The van der Waals surface area contributed by atoms with E-state index >= 15 is 0 Å². The summed E-state index contributed by atoms with van der Waals surface area (Å²) in [5.41, 5.74) is 23.7. The number of benzene rings is 8. The number of aryl methyl sites for hydroxylation is 1. The normalized spacial score (nSPS) is 15.6. The minimum Gasteiger partial charge on any atom is -0.341 e. The Hall–Kier alpha value is -7.62. The second-order valence-corrected chi connectivity index (χ2v) is 18.1. The van der Waals surface area contributed by atoms with Gasteiger partial charge >= 0.3 is 0 Å². The standard InChI is InChI=1S/C61H49N3/c1-5-44(62-36-16-18-43-17-9-10-23-55(43)62)39-53-40(2)47-33-29-41(37-54(47)61(53,3)4)28-30-42-31-34-51-49-35-32-46(38-52(49)50-22-15-21-48(42)60(50)51)64-58-26-13-11-24-56(58)63(45-19-7-6-8-20-45)57-25-12-14-27-59(57)64/h5-15,17,19-35,37-39H,1,16,18,36H2,2-4H3. The Bertz CT molecular complexity index is 3280. The van der Waals surface area contributed by atoms with Crippen molar-refractivity contribution in [3.8, 4) is 22.3 Å². The first-order valence-corrected chi connectivity index (χ1v) is 22.7. The molecule has 308 valence electrons. The third-order valence-corrected chi connectivity index (χ3v) is 14.2. The van der Waals surface area contributed by atoms with E-state index in [4.69, 9.17) is 0 Å². The molecule has 2 aliphatic heterocycles. The lowest BCUT2D eigenvalue weighted by atomic mass is 9.80. The maximum atomic E-state index is 4.29. The van der Waals surface area contributed by atoms with Crippen molar-refractivity contribution in [2.75, 3.05) is 21.2 Å². The molecule has 0 saturated carbocycles. The highest BCUT2D eigenvalue weighted by atomic mass is 15.3. The molecule has 8 aromatic carbocycles. The summed E-state index contributed by atoms with van der Waals surface area (Å²) >= 11 is 0. The second kappa shape index (κ2) is 14.7. The van der Waals surface area contributed by atoms with Crippen LogP contribution in [-0.2, 0) is 11.8 Å². The van der Waals surface area contributed by atoms with E-state index in [-0.39, 0.29) is 5.41 Å². The molecular weight excluding hydrogens is 775 g/mol. The van der Waals surface area contributed by atoms with Crippen LogP contribution in [0.5, 0.6) is 0 Å². The molecule has 8 aromatic rings. The largest absolute Gasteiger partial charge is 0.341 e. The minimum absolute atomic E-state index is 0.154. The lowest BCUT2D eigenvalue weighted by Gasteiger charge is -2.40. The monoisotopic (exact) mass is 823 g/mol. The third kappa shape index (κ3) is 5.80. The van der Waals surface area contributed by atoms with Crippen molar-refractivity contribution >= 4 is 68.3 Å². The van der Waals surface area contributed by atoms with E-state index in [1.54, 1.807) is 0 Å². The highest BCUT2D eigenvalue weighted by molar-refractivity contribution is 6.18. The molecule has 0 atom stereocenters. The number of fused-ring (bicyclic) bond motifs is 7. The Balaban J connectivity index is 0.870. The Labute approximate surface area is 376 Å². The van der Waals surface area contributed by atoms with Crippen molar-refractivity contribution in [2.24, 2.45) is 0 Å². The predicted molar refractivity (Wildman–Crippen MR) is 273 cm³/mol. The fourth-order valence-electron chi connectivity index (χ4n) is 11.2. The topological polar surface area (TPSA) is 9.72 Å². The fraction of sp³-hybridized carbons (Fsp3) is 0.115. The Morgan fingerprint density at radius 2 is 1.20 bits per heavy atom. The Morgan fingerprint density at radius 1 is 0.562 bits per heavy atom. The van der Waals surface area contributed by atoms with Crippen LogP contribution in [-0.4, -0.2) is 6.54 Å². The minimum atomic E-state index is -0.154. The van der Waals surface area contributed by atoms with Gasteiger partial charge in [0.25, 0.3) is 0 Å². The van der Waals surface area contributed by atoms with Gasteiger partial charge in [0.05, 0.1) is 22.7 Å². The molecule has 0 fully saturated rings. The quantitative estimate of drug-likeness (QED) is 0.117. The van der Waals surface area contributed by atoms with Crippen LogP contribution in [0.4, 0.5) is 39.8 Å². The summed E-state index contributed by atoms with van der Waals surface area (Å²) in [4.78, 5) is 7.27. The summed E-state index contributed by atoms with van der Waals surface area (Å²) in [5, 5.41) is 2.60. The van der Waals surface area contributed by atoms with E-state index in [0.29, 0.717) is 0 Å². The van der Waals surface area contributed by atoms with Gasteiger partial charge < -0.3 is 14.7 Å². The molecular formula is C61H49N3. The molecule has 2 heterocycles. The van der Waals surface area contributed by atoms with Crippen LogP contribution in [0.1, 0.15) is 55.0 Å². The average Bonchev–Trinajstić information content (AvgIpc) is 3.76. The van der Waals surface area contributed by atoms with Crippen LogP contribution in [0.25, 0.3) is 50.8 Å². The molecule has 64 heavy (non-hydrogen) atoms. The van der Waals surface area contributed by atoms with Crippen molar-refractivity contribution in [3.63, 3.8) is 0 Å². The maximum Gasteiger partial charge on any atom is 0.0703 e. The number of nitrogens with zero attached hydrogens (tertiary/aromatic N) is 3. The van der Waals surface area contributed by atoms with Crippen molar-refractivity contribution in [1.29, 1.82) is 0 Å². The molecule has 0 saturated heterocycles. The number of rotatable bonds is 7. The Morgan fingerprint density at radius 3 is 1.94 bits per heavy atom. The van der Waals surface area contributed by atoms with E-state index in [9.17, 15) is 0 Å². The molecule has 0 aromatic heterocycles. The summed E-state index contributed by atoms with van der Waals surface area (Å²) < 4.78 is 0. The fourth-order valence-corrected chi connectivity index (χ4v) is 11.2. The van der Waals surface area contributed by atoms with Crippen LogP contribution in [0.3, 0.4) is 0 Å². The molecule has 0 radical (unpaired) electrons. The maximum absolute atomic E-state index is 4.29. The van der Waals surface area contributed by atoms with Crippen LogP contribution in [0, 0.1) is 0 Å². The second-order valence-electron chi connectivity index (χ2n) is 18.1.